The Kier molecular flexibility index (Phi) is 4.39. The molecule has 2 aromatic carbocycles. The van der Waals surface area contributed by atoms with E-state index >= 15 is 0 Å². The fourth-order valence-corrected chi connectivity index (χ4v) is 3.98. The van der Waals surface area contributed by atoms with Gasteiger partial charge in [0.15, 0.2) is 0 Å². The van der Waals surface area contributed by atoms with Gasteiger partial charge in [-0.3, -0.25) is 0 Å². The molecule has 0 aliphatic carbocycles. The van der Waals surface area contributed by atoms with Crippen molar-refractivity contribution >= 4 is 27.4 Å². The van der Waals surface area contributed by atoms with E-state index in [9.17, 15) is 0 Å². The van der Waals surface area contributed by atoms with Crippen LogP contribution in [0.5, 0.6) is 0 Å². The van der Waals surface area contributed by atoms with Crippen molar-refractivity contribution in [3.05, 3.63) is 71.0 Å². The molecule has 0 aliphatic rings. The molecule has 26 heavy (non-hydrogen) atoms. The number of fused-ring (bicyclic) bond motifs is 1. The van der Waals surface area contributed by atoms with Gasteiger partial charge in [0.2, 0.25) is 0 Å². The molecule has 0 aliphatic heterocycles. The van der Waals surface area contributed by atoms with Gasteiger partial charge in [-0.25, -0.2) is 15.0 Å². The predicted molar refractivity (Wildman–Crippen MR) is 108 cm³/mol. The number of thiazole rings is 1. The molecule has 5 heteroatoms. The zero-order valence-electron chi connectivity index (χ0n) is 14.8. The molecule has 4 aromatic rings. The first-order valence-electron chi connectivity index (χ1n) is 8.63. The second kappa shape index (κ2) is 6.84. The topological polar surface area (TPSA) is 64.7 Å². The van der Waals surface area contributed by atoms with Crippen LogP contribution in [0.25, 0.3) is 21.5 Å². The minimum absolute atomic E-state index is 0.329. The number of hydrogen-bond donors (Lipinski definition) is 1. The summed E-state index contributed by atoms with van der Waals surface area (Å²) in [6, 6.07) is 16.7. The van der Waals surface area contributed by atoms with E-state index in [2.05, 4.69) is 53.3 Å². The zero-order chi connectivity index (χ0) is 18.1. The highest BCUT2D eigenvalue weighted by Crippen LogP contribution is 2.32. The zero-order valence-corrected chi connectivity index (χ0v) is 15.6. The van der Waals surface area contributed by atoms with E-state index < -0.39 is 0 Å². The van der Waals surface area contributed by atoms with Gasteiger partial charge >= 0.3 is 0 Å². The number of nitrogen functional groups attached to an aromatic ring is 1. The molecule has 0 amide bonds. The number of nitrogens with zero attached hydrogens (tertiary/aromatic N) is 3. The maximum Gasteiger partial charge on any atom is 0.130 e. The number of benzene rings is 2. The first kappa shape index (κ1) is 16.7. The first-order chi connectivity index (χ1) is 12.6. The Balaban J connectivity index is 1.79. The fourth-order valence-electron chi connectivity index (χ4n) is 3.27. The Labute approximate surface area is 156 Å². The van der Waals surface area contributed by atoms with Gasteiger partial charge in [0.25, 0.3) is 0 Å². The minimum Gasteiger partial charge on any atom is -0.383 e. The van der Waals surface area contributed by atoms with Crippen molar-refractivity contribution in [1.29, 1.82) is 0 Å². The van der Waals surface area contributed by atoms with Crippen molar-refractivity contribution in [2.75, 3.05) is 5.73 Å². The molecule has 4 nitrogen and oxygen atoms in total. The van der Waals surface area contributed by atoms with E-state index in [1.54, 1.807) is 11.3 Å². The molecular weight excluding hydrogens is 340 g/mol. The molecular formula is C21H20N4S. The largest absolute Gasteiger partial charge is 0.383 e. The quantitative estimate of drug-likeness (QED) is 0.557. The number of anilines is 1. The molecule has 0 fully saturated rings. The second-order valence-electron chi connectivity index (χ2n) is 6.53. The monoisotopic (exact) mass is 360 g/mol. The van der Waals surface area contributed by atoms with E-state index in [0.29, 0.717) is 17.6 Å². The van der Waals surface area contributed by atoms with E-state index in [0.717, 1.165) is 33.5 Å². The van der Waals surface area contributed by atoms with E-state index in [-0.39, 0.29) is 0 Å². The highest BCUT2D eigenvalue weighted by Gasteiger charge is 2.17. The fraction of sp³-hybridized carbons (Fsp3) is 0.190. The normalized spacial score (nSPS) is 12.4. The molecule has 0 radical (unpaired) electrons. The molecule has 1 atom stereocenters. The number of rotatable bonds is 4. The molecule has 4 rings (SSSR count). The lowest BCUT2D eigenvalue weighted by Crippen LogP contribution is -2.08. The van der Waals surface area contributed by atoms with Crippen LogP contribution in [0.4, 0.5) is 5.82 Å². The van der Waals surface area contributed by atoms with Gasteiger partial charge in [-0.05, 0) is 37.0 Å². The lowest BCUT2D eigenvalue weighted by atomic mass is 9.91. The maximum absolute atomic E-state index is 6.32. The van der Waals surface area contributed by atoms with E-state index in [1.807, 2.05) is 24.6 Å². The van der Waals surface area contributed by atoms with Crippen LogP contribution in [0.2, 0.25) is 0 Å². The van der Waals surface area contributed by atoms with Crippen molar-refractivity contribution in [2.24, 2.45) is 0 Å². The lowest BCUT2D eigenvalue weighted by molar-refractivity contribution is 0.754. The highest BCUT2D eigenvalue weighted by molar-refractivity contribution is 7.16. The summed E-state index contributed by atoms with van der Waals surface area (Å²) < 4.78 is 1.15. The van der Waals surface area contributed by atoms with E-state index in [4.69, 9.17) is 10.7 Å². The first-order valence-corrected chi connectivity index (χ1v) is 9.51. The van der Waals surface area contributed by atoms with Gasteiger partial charge in [-0.15, -0.1) is 11.3 Å². The Morgan fingerprint density at radius 2 is 1.88 bits per heavy atom. The van der Waals surface area contributed by atoms with Crippen LogP contribution >= 0.6 is 11.3 Å². The van der Waals surface area contributed by atoms with Gasteiger partial charge in [0.1, 0.15) is 11.6 Å². The highest BCUT2D eigenvalue weighted by atomic mass is 32.1. The summed E-state index contributed by atoms with van der Waals surface area (Å²) in [5.41, 5.74) is 13.5. The smallest absolute Gasteiger partial charge is 0.130 e. The summed E-state index contributed by atoms with van der Waals surface area (Å²) in [5.74, 6) is 1.59. The van der Waals surface area contributed by atoms with Crippen molar-refractivity contribution in [1.82, 2.24) is 15.0 Å². The Morgan fingerprint density at radius 1 is 1.08 bits per heavy atom. The number of hydrogen-bond acceptors (Lipinski definition) is 5. The third-order valence-corrected chi connectivity index (χ3v) is 5.43. The minimum atomic E-state index is 0.329. The van der Waals surface area contributed by atoms with Gasteiger partial charge in [0.05, 0.1) is 21.4 Å². The predicted octanol–water partition coefficient (Wildman–Crippen LogP) is 4.99. The average Bonchev–Trinajstić information content (AvgIpc) is 3.12. The van der Waals surface area contributed by atoms with Crippen LogP contribution in [0.15, 0.2) is 54.0 Å². The summed E-state index contributed by atoms with van der Waals surface area (Å²) in [6.07, 6.45) is 0.798. The summed E-state index contributed by atoms with van der Waals surface area (Å²) in [5, 5.41) is 0. The van der Waals surface area contributed by atoms with Crippen LogP contribution in [0.3, 0.4) is 0 Å². The Morgan fingerprint density at radius 3 is 2.69 bits per heavy atom. The SMILES string of the molecule is Cc1nc(N)c(C[C@H](C)c2ccccc2)c(-c2ccc3ncsc3c2)n1. The molecule has 0 saturated heterocycles. The van der Waals surface area contributed by atoms with E-state index in [1.165, 1.54) is 5.56 Å². The third-order valence-electron chi connectivity index (χ3n) is 4.63. The lowest BCUT2D eigenvalue weighted by Gasteiger charge is -2.17. The Hall–Kier alpha value is -2.79. The molecule has 2 heterocycles. The van der Waals surface area contributed by atoms with Crippen molar-refractivity contribution < 1.29 is 0 Å². The van der Waals surface area contributed by atoms with Crippen molar-refractivity contribution in [3.63, 3.8) is 0 Å². The number of nitrogens with two attached hydrogens (primary N) is 1. The molecule has 130 valence electrons. The Bertz CT molecular complexity index is 1060. The van der Waals surface area contributed by atoms with Gasteiger partial charge in [-0.2, -0.15) is 0 Å². The molecule has 2 N–H and O–H groups in total. The average molecular weight is 360 g/mol. The van der Waals surface area contributed by atoms with Crippen molar-refractivity contribution in [2.45, 2.75) is 26.2 Å². The van der Waals surface area contributed by atoms with Gasteiger partial charge < -0.3 is 5.73 Å². The van der Waals surface area contributed by atoms with Gasteiger partial charge in [-0.1, -0.05) is 43.3 Å². The summed E-state index contributed by atoms with van der Waals surface area (Å²) in [7, 11) is 0. The van der Waals surface area contributed by atoms with Crippen LogP contribution in [-0.2, 0) is 6.42 Å². The van der Waals surface area contributed by atoms with Crippen molar-refractivity contribution in [3.8, 4) is 11.3 Å². The van der Waals surface area contributed by atoms with Crippen LogP contribution in [0.1, 0.15) is 29.8 Å². The maximum atomic E-state index is 6.32. The molecule has 0 unspecified atom stereocenters. The molecule has 0 spiro atoms. The number of aryl methyl sites for hydroxylation is 1. The van der Waals surface area contributed by atoms with Crippen LogP contribution < -0.4 is 5.73 Å². The summed E-state index contributed by atoms with van der Waals surface area (Å²) >= 11 is 1.64. The van der Waals surface area contributed by atoms with Gasteiger partial charge in [0, 0.05) is 11.1 Å². The summed E-state index contributed by atoms with van der Waals surface area (Å²) in [6.45, 7) is 4.10. The molecule has 2 aromatic heterocycles. The second-order valence-corrected chi connectivity index (χ2v) is 7.42. The third kappa shape index (κ3) is 3.18. The molecule has 0 saturated carbocycles. The summed E-state index contributed by atoms with van der Waals surface area (Å²) in [4.78, 5) is 13.5. The number of aromatic nitrogens is 3. The van der Waals surface area contributed by atoms with Crippen LogP contribution in [0, 0.1) is 6.92 Å². The molecule has 0 bridgehead atoms. The van der Waals surface area contributed by atoms with Crippen LogP contribution in [-0.4, -0.2) is 15.0 Å². The standard InChI is InChI=1S/C21H20N4S/c1-13(15-6-4-3-5-7-15)10-17-20(24-14(2)25-21(17)22)16-8-9-18-19(11-16)26-12-23-18/h3-9,11-13H,10H2,1-2H3,(H2,22,24,25)/t13-/m0/s1.